The van der Waals surface area contributed by atoms with Crippen molar-refractivity contribution in [2.24, 2.45) is 0 Å². The normalized spacial score (nSPS) is 13.0. The average molecular weight is 341 g/mol. The highest BCUT2D eigenvalue weighted by atomic mass is 16.5. The quantitative estimate of drug-likeness (QED) is 0.829. The van der Waals surface area contributed by atoms with Gasteiger partial charge in [-0.15, -0.1) is 0 Å². The first-order valence-electron chi connectivity index (χ1n) is 8.60. The first-order chi connectivity index (χ1) is 11.9. The van der Waals surface area contributed by atoms with E-state index in [1.54, 1.807) is 6.92 Å². The second-order valence-electron chi connectivity index (χ2n) is 6.44. The van der Waals surface area contributed by atoms with Crippen LogP contribution in [-0.4, -0.2) is 24.7 Å². The maximum Gasteiger partial charge on any atom is 0.261 e. The molecule has 0 unspecified atom stereocenters. The molecule has 0 aliphatic rings. The molecule has 0 spiro atoms. The van der Waals surface area contributed by atoms with E-state index in [2.05, 4.69) is 5.32 Å². The molecular formula is C21H27NO3. The predicted octanol–water partition coefficient (Wildman–Crippen LogP) is 3.96. The van der Waals surface area contributed by atoms with E-state index in [9.17, 15) is 4.79 Å². The number of carbonyl (C=O) groups excluding carboxylic acids is 1. The predicted molar refractivity (Wildman–Crippen MR) is 100 cm³/mol. The summed E-state index contributed by atoms with van der Waals surface area (Å²) >= 11 is 0. The molecule has 0 bridgehead atoms. The van der Waals surface area contributed by atoms with E-state index in [0.29, 0.717) is 6.61 Å². The fourth-order valence-electron chi connectivity index (χ4n) is 2.43. The first kappa shape index (κ1) is 18.8. The second-order valence-corrected chi connectivity index (χ2v) is 6.44. The summed E-state index contributed by atoms with van der Waals surface area (Å²) in [5.41, 5.74) is 3.27. The molecule has 25 heavy (non-hydrogen) atoms. The summed E-state index contributed by atoms with van der Waals surface area (Å²) in [6, 6.07) is 13.6. The third-order valence-electron chi connectivity index (χ3n) is 4.20. The van der Waals surface area contributed by atoms with Gasteiger partial charge in [0.25, 0.3) is 5.91 Å². The van der Waals surface area contributed by atoms with Gasteiger partial charge in [-0.2, -0.15) is 0 Å². The molecule has 2 aromatic carbocycles. The summed E-state index contributed by atoms with van der Waals surface area (Å²) in [7, 11) is 0. The topological polar surface area (TPSA) is 47.6 Å². The van der Waals surface area contributed by atoms with Crippen LogP contribution in [0.2, 0.25) is 0 Å². The lowest BCUT2D eigenvalue weighted by molar-refractivity contribution is -0.128. The van der Waals surface area contributed by atoms with Crippen LogP contribution in [0.25, 0.3) is 0 Å². The van der Waals surface area contributed by atoms with Crippen molar-refractivity contribution in [3.8, 4) is 11.5 Å². The molecule has 2 aromatic rings. The van der Waals surface area contributed by atoms with E-state index in [4.69, 9.17) is 9.47 Å². The molecule has 0 aromatic heterocycles. The molecule has 0 radical (unpaired) electrons. The second kappa shape index (κ2) is 8.56. The van der Waals surface area contributed by atoms with Crippen molar-refractivity contribution in [2.45, 2.75) is 46.8 Å². The molecule has 2 atom stereocenters. The molecule has 4 heteroatoms. The molecule has 0 saturated heterocycles. The maximum absolute atomic E-state index is 12.3. The Morgan fingerprint density at radius 3 is 2.32 bits per heavy atom. The standard InChI is InChI=1S/C21H27NO3/c1-14-10-8-12-20(17(14)4)25-18(5)21(23)22-16(3)13-24-19-11-7-6-9-15(19)2/h6-12,16,18H,13H2,1-5H3,(H,22,23)/t16-,18-/m0/s1. The zero-order valence-corrected chi connectivity index (χ0v) is 15.6. The molecule has 1 N–H and O–H groups in total. The highest BCUT2D eigenvalue weighted by molar-refractivity contribution is 5.81. The Labute approximate surface area is 150 Å². The number of nitrogens with one attached hydrogen (secondary N) is 1. The van der Waals surface area contributed by atoms with Crippen molar-refractivity contribution in [1.29, 1.82) is 0 Å². The number of ether oxygens (including phenoxy) is 2. The molecule has 134 valence electrons. The largest absolute Gasteiger partial charge is 0.491 e. The minimum atomic E-state index is -0.568. The van der Waals surface area contributed by atoms with Gasteiger partial charge >= 0.3 is 0 Å². The molecule has 0 aliphatic heterocycles. The summed E-state index contributed by atoms with van der Waals surface area (Å²) in [6.07, 6.45) is -0.568. The van der Waals surface area contributed by atoms with E-state index in [1.165, 1.54) is 0 Å². The number of amides is 1. The van der Waals surface area contributed by atoms with E-state index in [1.807, 2.05) is 70.2 Å². The summed E-state index contributed by atoms with van der Waals surface area (Å²) in [5.74, 6) is 1.43. The van der Waals surface area contributed by atoms with Gasteiger partial charge in [0.05, 0.1) is 6.04 Å². The van der Waals surface area contributed by atoms with Gasteiger partial charge < -0.3 is 14.8 Å². The van der Waals surface area contributed by atoms with Gasteiger partial charge in [-0.05, 0) is 63.4 Å². The minimum Gasteiger partial charge on any atom is -0.491 e. The Bertz CT molecular complexity index is 727. The molecule has 2 rings (SSSR count). The number of aryl methyl sites for hydroxylation is 2. The third kappa shape index (κ3) is 5.24. The van der Waals surface area contributed by atoms with Crippen molar-refractivity contribution < 1.29 is 14.3 Å². The number of hydrogen-bond donors (Lipinski definition) is 1. The van der Waals surface area contributed by atoms with Gasteiger partial charge in [0.15, 0.2) is 6.10 Å². The fraction of sp³-hybridized carbons (Fsp3) is 0.381. The van der Waals surface area contributed by atoms with Gasteiger partial charge in [-0.1, -0.05) is 30.3 Å². The van der Waals surface area contributed by atoms with Crippen LogP contribution in [0.5, 0.6) is 11.5 Å². The van der Waals surface area contributed by atoms with Crippen molar-refractivity contribution >= 4 is 5.91 Å². The molecule has 0 fully saturated rings. The van der Waals surface area contributed by atoms with Crippen LogP contribution in [0.1, 0.15) is 30.5 Å². The Balaban J connectivity index is 1.85. The summed E-state index contributed by atoms with van der Waals surface area (Å²) in [6.45, 7) is 10.1. The molecule has 0 heterocycles. The van der Waals surface area contributed by atoms with Gasteiger partial charge in [0.2, 0.25) is 0 Å². The van der Waals surface area contributed by atoms with E-state index >= 15 is 0 Å². The molecule has 0 saturated carbocycles. The van der Waals surface area contributed by atoms with Crippen LogP contribution < -0.4 is 14.8 Å². The molecule has 1 amide bonds. The molecule has 4 nitrogen and oxygen atoms in total. The molecular weight excluding hydrogens is 314 g/mol. The van der Waals surface area contributed by atoms with Crippen LogP contribution in [0.3, 0.4) is 0 Å². The number of rotatable bonds is 7. The van der Waals surface area contributed by atoms with Crippen LogP contribution >= 0.6 is 0 Å². The zero-order valence-electron chi connectivity index (χ0n) is 15.6. The number of carbonyl (C=O) groups is 1. The number of para-hydroxylation sites is 1. The lowest BCUT2D eigenvalue weighted by Crippen LogP contribution is -2.43. The van der Waals surface area contributed by atoms with Gasteiger partial charge in [-0.3, -0.25) is 4.79 Å². The zero-order chi connectivity index (χ0) is 18.4. The highest BCUT2D eigenvalue weighted by Gasteiger charge is 2.18. The van der Waals surface area contributed by atoms with Crippen molar-refractivity contribution in [3.63, 3.8) is 0 Å². The Morgan fingerprint density at radius 2 is 1.60 bits per heavy atom. The van der Waals surface area contributed by atoms with Crippen LogP contribution in [0.15, 0.2) is 42.5 Å². The minimum absolute atomic E-state index is 0.114. The number of hydrogen-bond acceptors (Lipinski definition) is 3. The summed E-state index contributed by atoms with van der Waals surface area (Å²) in [4.78, 5) is 12.3. The maximum atomic E-state index is 12.3. The monoisotopic (exact) mass is 341 g/mol. The lowest BCUT2D eigenvalue weighted by atomic mass is 10.1. The van der Waals surface area contributed by atoms with Crippen molar-refractivity contribution in [3.05, 3.63) is 59.2 Å². The third-order valence-corrected chi connectivity index (χ3v) is 4.20. The van der Waals surface area contributed by atoms with Crippen LogP contribution in [0.4, 0.5) is 0 Å². The van der Waals surface area contributed by atoms with E-state index in [0.717, 1.165) is 28.2 Å². The smallest absolute Gasteiger partial charge is 0.261 e. The molecule has 0 aliphatic carbocycles. The van der Waals surface area contributed by atoms with E-state index in [-0.39, 0.29) is 11.9 Å². The Morgan fingerprint density at radius 1 is 0.960 bits per heavy atom. The highest BCUT2D eigenvalue weighted by Crippen LogP contribution is 2.21. The fourth-order valence-corrected chi connectivity index (χ4v) is 2.43. The van der Waals surface area contributed by atoms with Gasteiger partial charge in [0.1, 0.15) is 18.1 Å². The summed E-state index contributed by atoms with van der Waals surface area (Å²) in [5, 5.41) is 2.93. The first-order valence-corrected chi connectivity index (χ1v) is 8.60. The Hall–Kier alpha value is -2.49. The van der Waals surface area contributed by atoms with Crippen LogP contribution in [-0.2, 0) is 4.79 Å². The van der Waals surface area contributed by atoms with Crippen molar-refractivity contribution in [2.75, 3.05) is 6.61 Å². The van der Waals surface area contributed by atoms with Gasteiger partial charge in [-0.25, -0.2) is 0 Å². The van der Waals surface area contributed by atoms with E-state index < -0.39 is 6.10 Å². The van der Waals surface area contributed by atoms with Crippen molar-refractivity contribution in [1.82, 2.24) is 5.32 Å². The summed E-state index contributed by atoms with van der Waals surface area (Å²) < 4.78 is 11.6. The number of benzene rings is 2. The van der Waals surface area contributed by atoms with Gasteiger partial charge in [0, 0.05) is 0 Å². The lowest BCUT2D eigenvalue weighted by Gasteiger charge is -2.20. The SMILES string of the molecule is Cc1ccccc1OC[C@H](C)NC(=O)[C@H](C)Oc1cccc(C)c1C. The Kier molecular flexibility index (Phi) is 6.45. The van der Waals surface area contributed by atoms with Crippen LogP contribution in [0, 0.1) is 20.8 Å². The average Bonchev–Trinajstić information content (AvgIpc) is 2.58.